The van der Waals surface area contributed by atoms with Crippen LogP contribution >= 0.6 is 0 Å². The number of hydrogen-bond acceptors (Lipinski definition) is 6. The quantitative estimate of drug-likeness (QED) is 0.475. The molecule has 8 nitrogen and oxygen atoms in total. The van der Waals surface area contributed by atoms with Crippen LogP contribution in [0.3, 0.4) is 0 Å². The van der Waals surface area contributed by atoms with Crippen LogP contribution in [-0.2, 0) is 4.79 Å². The van der Waals surface area contributed by atoms with Crippen LogP contribution < -0.4 is 22.1 Å². The van der Waals surface area contributed by atoms with Gasteiger partial charge in [-0.3, -0.25) is 9.59 Å². The lowest BCUT2D eigenvalue weighted by Crippen LogP contribution is -2.28. The van der Waals surface area contributed by atoms with Crippen LogP contribution in [0.4, 0.5) is 21.8 Å². The molecule has 0 saturated heterocycles. The Morgan fingerprint density at radius 3 is 2.37 bits per heavy atom. The van der Waals surface area contributed by atoms with Crippen molar-refractivity contribution in [3.63, 3.8) is 0 Å². The largest absolute Gasteiger partial charge is 0.368 e. The number of hydrogen-bond donors (Lipinski definition) is 4. The standard InChI is InChI=1S/C21H21FN6O2/c1-11-6-12(2)8-15(7-11)26-20-16(18(23)29)10-25-21(28-20)27-17(19(24)30)13-4-3-5-14(22)9-13/h3-10,17H,1-2H3,(H2,23,29)(H2,24,30)(H2,25,26,27,28). The van der Waals surface area contributed by atoms with Gasteiger partial charge >= 0.3 is 0 Å². The molecule has 0 bridgehead atoms. The fourth-order valence-electron chi connectivity index (χ4n) is 3.04. The van der Waals surface area contributed by atoms with E-state index in [2.05, 4.69) is 20.6 Å². The van der Waals surface area contributed by atoms with E-state index in [4.69, 9.17) is 11.5 Å². The lowest BCUT2D eigenvalue weighted by atomic mass is 10.1. The zero-order chi connectivity index (χ0) is 21.8. The molecule has 2 amide bonds. The smallest absolute Gasteiger partial charge is 0.254 e. The molecular weight excluding hydrogens is 387 g/mol. The second kappa shape index (κ2) is 8.56. The maximum Gasteiger partial charge on any atom is 0.254 e. The van der Waals surface area contributed by atoms with E-state index in [0.717, 1.165) is 11.1 Å². The SMILES string of the molecule is Cc1cc(C)cc(Nc2nc(NC(C(N)=O)c3cccc(F)c3)ncc2C(N)=O)c1. The number of primary amides is 2. The van der Waals surface area contributed by atoms with E-state index in [0.29, 0.717) is 11.3 Å². The van der Waals surface area contributed by atoms with E-state index in [9.17, 15) is 14.0 Å². The number of carbonyl (C=O) groups is 2. The first-order chi connectivity index (χ1) is 14.2. The molecule has 0 fully saturated rings. The number of nitrogens with one attached hydrogen (secondary N) is 2. The number of anilines is 3. The number of carbonyl (C=O) groups excluding carboxylic acids is 2. The Labute approximate surface area is 172 Å². The summed E-state index contributed by atoms with van der Waals surface area (Å²) in [6.45, 7) is 3.88. The average Bonchev–Trinajstić information content (AvgIpc) is 2.65. The van der Waals surface area contributed by atoms with E-state index in [1.165, 1.54) is 24.4 Å². The van der Waals surface area contributed by atoms with Crippen molar-refractivity contribution in [2.75, 3.05) is 10.6 Å². The molecule has 0 aliphatic carbocycles. The Bertz CT molecular complexity index is 1100. The molecule has 2 aromatic carbocycles. The maximum atomic E-state index is 13.6. The third kappa shape index (κ3) is 4.88. The molecule has 9 heteroatoms. The fourth-order valence-corrected chi connectivity index (χ4v) is 3.04. The van der Waals surface area contributed by atoms with Crippen molar-refractivity contribution in [3.05, 3.63) is 76.7 Å². The number of benzene rings is 2. The summed E-state index contributed by atoms with van der Waals surface area (Å²) >= 11 is 0. The van der Waals surface area contributed by atoms with E-state index >= 15 is 0 Å². The third-order valence-corrected chi connectivity index (χ3v) is 4.28. The van der Waals surface area contributed by atoms with Crippen LogP contribution in [0.25, 0.3) is 0 Å². The molecule has 0 spiro atoms. The summed E-state index contributed by atoms with van der Waals surface area (Å²) in [7, 11) is 0. The van der Waals surface area contributed by atoms with Crippen molar-refractivity contribution < 1.29 is 14.0 Å². The van der Waals surface area contributed by atoms with Crippen molar-refractivity contribution in [1.82, 2.24) is 9.97 Å². The summed E-state index contributed by atoms with van der Waals surface area (Å²) < 4.78 is 13.6. The first-order valence-corrected chi connectivity index (χ1v) is 9.06. The Kier molecular flexibility index (Phi) is 5.91. The van der Waals surface area contributed by atoms with Crippen molar-refractivity contribution in [1.29, 1.82) is 0 Å². The minimum atomic E-state index is -1.07. The molecule has 0 aliphatic heterocycles. The van der Waals surface area contributed by atoms with Gasteiger partial charge in [0.2, 0.25) is 11.9 Å². The molecule has 1 atom stereocenters. The van der Waals surface area contributed by atoms with E-state index < -0.39 is 23.7 Å². The van der Waals surface area contributed by atoms with Gasteiger partial charge in [0.15, 0.2) is 0 Å². The third-order valence-electron chi connectivity index (χ3n) is 4.28. The molecule has 0 aliphatic rings. The highest BCUT2D eigenvalue weighted by Crippen LogP contribution is 2.24. The van der Waals surface area contributed by atoms with Gasteiger partial charge in [-0.2, -0.15) is 4.98 Å². The second-order valence-corrected chi connectivity index (χ2v) is 6.86. The number of nitrogens with two attached hydrogens (primary N) is 2. The van der Waals surface area contributed by atoms with Crippen molar-refractivity contribution >= 4 is 29.3 Å². The molecule has 6 N–H and O–H groups in total. The first kappa shape index (κ1) is 20.7. The van der Waals surface area contributed by atoms with Crippen LogP contribution in [0.2, 0.25) is 0 Å². The molecule has 0 saturated carbocycles. The Hall–Kier alpha value is -4.01. The summed E-state index contributed by atoms with van der Waals surface area (Å²) in [4.78, 5) is 32.1. The van der Waals surface area contributed by atoms with Gasteiger partial charge in [0.1, 0.15) is 23.2 Å². The van der Waals surface area contributed by atoms with Crippen molar-refractivity contribution in [2.24, 2.45) is 11.5 Å². The summed E-state index contributed by atoms with van der Waals surface area (Å²) in [6.07, 6.45) is 1.24. The predicted octanol–water partition coefficient (Wildman–Crippen LogP) is 2.71. The molecule has 30 heavy (non-hydrogen) atoms. The van der Waals surface area contributed by atoms with Crippen LogP contribution in [0.1, 0.15) is 33.1 Å². The topological polar surface area (TPSA) is 136 Å². The van der Waals surface area contributed by atoms with E-state index in [1.54, 1.807) is 6.07 Å². The zero-order valence-electron chi connectivity index (χ0n) is 16.4. The van der Waals surface area contributed by atoms with E-state index in [1.807, 2.05) is 32.0 Å². The predicted molar refractivity (Wildman–Crippen MR) is 112 cm³/mol. The Balaban J connectivity index is 1.96. The minimum Gasteiger partial charge on any atom is -0.368 e. The highest BCUT2D eigenvalue weighted by atomic mass is 19.1. The van der Waals surface area contributed by atoms with Crippen LogP contribution in [0.15, 0.2) is 48.7 Å². The minimum absolute atomic E-state index is 0.0138. The molecule has 1 unspecified atom stereocenters. The number of aromatic nitrogens is 2. The molecule has 3 aromatic rings. The lowest BCUT2D eigenvalue weighted by Gasteiger charge is -2.17. The normalized spacial score (nSPS) is 11.6. The van der Waals surface area contributed by atoms with Gasteiger partial charge in [-0.05, 0) is 54.8 Å². The van der Waals surface area contributed by atoms with Crippen LogP contribution in [-0.4, -0.2) is 21.8 Å². The summed E-state index contributed by atoms with van der Waals surface area (Å²) in [5.41, 5.74) is 14.0. The van der Waals surface area contributed by atoms with Crippen LogP contribution in [0.5, 0.6) is 0 Å². The van der Waals surface area contributed by atoms with Gasteiger partial charge in [0, 0.05) is 11.9 Å². The van der Waals surface area contributed by atoms with Gasteiger partial charge in [-0.15, -0.1) is 0 Å². The van der Waals surface area contributed by atoms with Gasteiger partial charge in [-0.1, -0.05) is 18.2 Å². The molecule has 1 aromatic heterocycles. The number of aryl methyl sites for hydroxylation is 2. The number of rotatable bonds is 7. The molecule has 0 radical (unpaired) electrons. The number of nitrogens with zero attached hydrogens (tertiary/aromatic N) is 2. The summed E-state index contributed by atoms with van der Waals surface area (Å²) in [5, 5.41) is 5.84. The first-order valence-electron chi connectivity index (χ1n) is 9.06. The number of halogens is 1. The average molecular weight is 408 g/mol. The highest BCUT2D eigenvalue weighted by Gasteiger charge is 2.21. The summed E-state index contributed by atoms with van der Waals surface area (Å²) in [5.74, 6) is -1.80. The Morgan fingerprint density at radius 1 is 1.07 bits per heavy atom. The Morgan fingerprint density at radius 2 is 1.77 bits per heavy atom. The monoisotopic (exact) mass is 408 g/mol. The van der Waals surface area contributed by atoms with Crippen LogP contribution in [0, 0.1) is 19.7 Å². The van der Waals surface area contributed by atoms with Gasteiger partial charge in [0.25, 0.3) is 5.91 Å². The molecule has 1 heterocycles. The second-order valence-electron chi connectivity index (χ2n) is 6.86. The highest BCUT2D eigenvalue weighted by molar-refractivity contribution is 5.98. The maximum absolute atomic E-state index is 13.6. The van der Waals surface area contributed by atoms with Gasteiger partial charge in [-0.25, -0.2) is 9.37 Å². The molecule has 3 rings (SSSR count). The lowest BCUT2D eigenvalue weighted by molar-refractivity contribution is -0.118. The van der Waals surface area contributed by atoms with Crippen molar-refractivity contribution in [2.45, 2.75) is 19.9 Å². The van der Waals surface area contributed by atoms with Gasteiger partial charge < -0.3 is 22.1 Å². The van der Waals surface area contributed by atoms with E-state index in [-0.39, 0.29) is 17.3 Å². The number of amides is 2. The molecular formula is C21H21FN6O2. The molecule has 154 valence electrons. The fraction of sp³-hybridized carbons (Fsp3) is 0.143. The van der Waals surface area contributed by atoms with Gasteiger partial charge in [0.05, 0.1) is 0 Å². The zero-order valence-corrected chi connectivity index (χ0v) is 16.4. The summed E-state index contributed by atoms with van der Waals surface area (Å²) in [6, 6.07) is 10.2. The van der Waals surface area contributed by atoms with Crippen molar-refractivity contribution in [3.8, 4) is 0 Å².